The minimum atomic E-state index is -0.0482. The van der Waals surface area contributed by atoms with Crippen LogP contribution in [0.5, 0.6) is 0 Å². The Balaban J connectivity index is 1.40. The van der Waals surface area contributed by atoms with E-state index in [0.717, 1.165) is 43.0 Å². The highest BCUT2D eigenvalue weighted by atomic mass is 15.4. The maximum atomic E-state index is 5.99. The Labute approximate surface area is 208 Å². The van der Waals surface area contributed by atoms with Crippen molar-refractivity contribution in [2.24, 2.45) is 0 Å². The second-order valence-corrected chi connectivity index (χ2v) is 9.05. The predicted octanol–water partition coefficient (Wildman–Crippen LogP) is 1.70. The van der Waals surface area contributed by atoms with E-state index in [0.29, 0.717) is 12.4 Å². The Morgan fingerprint density at radius 2 is 1.61 bits per heavy atom. The van der Waals surface area contributed by atoms with Crippen LogP contribution in [0.25, 0.3) is 11.2 Å². The van der Waals surface area contributed by atoms with E-state index in [1.807, 2.05) is 15.4 Å². The van der Waals surface area contributed by atoms with E-state index in [1.165, 1.54) is 11.1 Å². The summed E-state index contributed by atoms with van der Waals surface area (Å²) in [5.41, 5.74) is 10.7. The highest BCUT2D eigenvalue weighted by molar-refractivity contribution is 5.78. The number of benzene rings is 2. The molecule has 0 amide bonds. The molecule has 0 aliphatic carbocycles. The normalized spacial score (nSPS) is 16.2. The van der Waals surface area contributed by atoms with Gasteiger partial charge in [0.05, 0.1) is 18.3 Å². The van der Waals surface area contributed by atoms with E-state index in [1.54, 1.807) is 12.7 Å². The summed E-state index contributed by atoms with van der Waals surface area (Å²) >= 11 is 0. The lowest BCUT2D eigenvalue weighted by Gasteiger charge is -2.39. The van der Waals surface area contributed by atoms with Crippen molar-refractivity contribution in [3.8, 4) is 0 Å². The van der Waals surface area contributed by atoms with Crippen LogP contribution in [0.2, 0.25) is 0 Å². The van der Waals surface area contributed by atoms with Gasteiger partial charge in [0, 0.05) is 26.2 Å². The molecule has 1 saturated heterocycles. The number of anilines is 1. The van der Waals surface area contributed by atoms with Crippen LogP contribution >= 0.6 is 0 Å². The van der Waals surface area contributed by atoms with E-state index in [2.05, 4.69) is 96.1 Å². The number of aromatic amines is 1. The van der Waals surface area contributed by atoms with Crippen LogP contribution in [0.3, 0.4) is 0 Å². The van der Waals surface area contributed by atoms with Crippen LogP contribution in [0.15, 0.2) is 79.5 Å². The summed E-state index contributed by atoms with van der Waals surface area (Å²) in [4.78, 5) is 14.3. The molecule has 1 fully saturated rings. The summed E-state index contributed by atoms with van der Waals surface area (Å²) < 4.78 is 3.94. The topological polar surface area (TPSA) is 117 Å². The predicted molar refractivity (Wildman–Crippen MR) is 136 cm³/mol. The van der Waals surface area contributed by atoms with Gasteiger partial charge in [0.1, 0.15) is 12.2 Å². The molecule has 2 atom stereocenters. The lowest BCUT2D eigenvalue weighted by molar-refractivity contribution is -0.667. The van der Waals surface area contributed by atoms with Crippen LogP contribution in [0.1, 0.15) is 28.9 Å². The van der Waals surface area contributed by atoms with Crippen LogP contribution in [0.4, 0.5) is 5.82 Å². The number of nitrogens with two attached hydrogens (primary N) is 1. The quantitative estimate of drug-likeness (QED) is 0.303. The average Bonchev–Trinajstić information content (AvgIpc) is 3.61. The Kier molecular flexibility index (Phi) is 6.10. The van der Waals surface area contributed by atoms with Crippen molar-refractivity contribution < 1.29 is 4.57 Å². The molecule has 0 spiro atoms. The van der Waals surface area contributed by atoms with Gasteiger partial charge in [-0.05, 0) is 11.1 Å². The van der Waals surface area contributed by atoms with Gasteiger partial charge in [-0.25, -0.2) is 9.25 Å². The lowest BCUT2D eigenvalue weighted by atomic mass is 9.91. The fourth-order valence-corrected chi connectivity index (χ4v) is 5.09. The van der Waals surface area contributed by atoms with Crippen molar-refractivity contribution in [1.29, 1.82) is 0 Å². The molecule has 1 aliphatic heterocycles. The first kappa shape index (κ1) is 22.3. The third-order valence-electron chi connectivity index (χ3n) is 6.79. The zero-order chi connectivity index (χ0) is 24.3. The number of aromatic nitrogens is 7. The highest BCUT2D eigenvalue weighted by Gasteiger charge is 2.33. The van der Waals surface area contributed by atoms with Gasteiger partial charge in [0.25, 0.3) is 5.65 Å². The van der Waals surface area contributed by atoms with Gasteiger partial charge in [0.15, 0.2) is 11.8 Å². The molecule has 4 heterocycles. The van der Waals surface area contributed by atoms with Crippen molar-refractivity contribution in [2.45, 2.75) is 18.6 Å². The van der Waals surface area contributed by atoms with Gasteiger partial charge in [-0.3, -0.25) is 4.90 Å². The Hall–Kier alpha value is -4.15. The van der Waals surface area contributed by atoms with E-state index >= 15 is 0 Å². The van der Waals surface area contributed by atoms with Gasteiger partial charge < -0.3 is 16.0 Å². The molecule has 5 aromatic rings. The number of nitrogens with zero attached hydrogens (tertiary/aromatic N) is 7. The van der Waals surface area contributed by atoms with Crippen LogP contribution < -0.4 is 15.6 Å². The van der Waals surface area contributed by atoms with E-state index in [4.69, 9.17) is 5.73 Å². The second-order valence-electron chi connectivity index (χ2n) is 9.05. The van der Waals surface area contributed by atoms with E-state index in [-0.39, 0.29) is 12.1 Å². The van der Waals surface area contributed by atoms with Crippen molar-refractivity contribution in [3.63, 3.8) is 0 Å². The number of fused-ring (bicyclic) bond motifs is 1. The summed E-state index contributed by atoms with van der Waals surface area (Å²) in [7, 11) is 0. The van der Waals surface area contributed by atoms with Crippen LogP contribution in [-0.4, -0.2) is 61.0 Å². The van der Waals surface area contributed by atoms with Gasteiger partial charge in [0.2, 0.25) is 12.1 Å². The minimum Gasteiger partial charge on any atom is -0.368 e. The molecule has 3 aromatic heterocycles. The fourth-order valence-electron chi connectivity index (χ4n) is 5.09. The number of nitrogen functional groups attached to an aromatic ring is 1. The van der Waals surface area contributed by atoms with Gasteiger partial charge in [-0.2, -0.15) is 0 Å². The smallest absolute Gasteiger partial charge is 0.293 e. The molecule has 6 rings (SSSR count). The molecule has 0 bridgehead atoms. The number of H-pyrrole nitrogens is 1. The van der Waals surface area contributed by atoms with Gasteiger partial charge in [-0.1, -0.05) is 75.8 Å². The molecule has 0 unspecified atom stereocenters. The zero-order valence-electron chi connectivity index (χ0n) is 19.9. The first-order valence-electron chi connectivity index (χ1n) is 12.2. The highest BCUT2D eigenvalue weighted by Crippen LogP contribution is 2.37. The van der Waals surface area contributed by atoms with Crippen molar-refractivity contribution in [2.75, 3.05) is 31.9 Å². The largest absolute Gasteiger partial charge is 0.368 e. The van der Waals surface area contributed by atoms with Crippen LogP contribution in [-0.2, 0) is 6.54 Å². The first-order chi connectivity index (χ1) is 17.8. The Bertz CT molecular complexity index is 1420. The first-order valence-corrected chi connectivity index (χ1v) is 12.2. The van der Waals surface area contributed by atoms with Crippen molar-refractivity contribution in [1.82, 2.24) is 40.2 Å². The summed E-state index contributed by atoms with van der Waals surface area (Å²) in [6.07, 6.45) is 5.36. The number of imidazole rings is 1. The molecular formula is C26H29N10+. The number of hydrogen-bond donors (Lipinski definition) is 3. The van der Waals surface area contributed by atoms with Crippen molar-refractivity contribution in [3.05, 3.63) is 96.3 Å². The second kappa shape index (κ2) is 9.84. The Morgan fingerprint density at radius 1 is 0.917 bits per heavy atom. The van der Waals surface area contributed by atoms with Crippen LogP contribution in [0, 0.1) is 0 Å². The number of hydrogen-bond acceptors (Lipinski definition) is 7. The molecule has 10 nitrogen and oxygen atoms in total. The molecule has 10 heteroatoms. The van der Waals surface area contributed by atoms with Crippen molar-refractivity contribution >= 4 is 17.0 Å². The van der Waals surface area contributed by atoms with Gasteiger partial charge in [-0.15, -0.1) is 5.10 Å². The minimum absolute atomic E-state index is 0.0482. The molecule has 4 N–H and O–H groups in total. The third-order valence-corrected chi connectivity index (χ3v) is 6.79. The summed E-state index contributed by atoms with van der Waals surface area (Å²) in [6.45, 7) is 4.35. The monoisotopic (exact) mass is 481 g/mol. The van der Waals surface area contributed by atoms with Gasteiger partial charge >= 0.3 is 0 Å². The zero-order valence-corrected chi connectivity index (χ0v) is 19.9. The summed E-state index contributed by atoms with van der Waals surface area (Å²) in [5.74, 6) is 0.424. The fraction of sp³-hybridized carbons (Fsp3) is 0.269. The third kappa shape index (κ3) is 4.32. The molecule has 1 aliphatic rings. The number of nitrogens with one attached hydrogen (secondary N) is 2. The maximum Gasteiger partial charge on any atom is 0.293 e. The lowest BCUT2D eigenvalue weighted by Crippen LogP contribution is -2.47. The maximum absolute atomic E-state index is 5.99. The molecule has 0 radical (unpaired) electrons. The Morgan fingerprint density at radius 3 is 2.33 bits per heavy atom. The molecule has 182 valence electrons. The average molecular weight is 482 g/mol. The molecule has 0 saturated carbocycles. The molecule has 36 heavy (non-hydrogen) atoms. The summed E-state index contributed by atoms with van der Waals surface area (Å²) in [5, 5.41) is 12.7. The molecular weight excluding hydrogens is 452 g/mol. The number of rotatable bonds is 7. The van der Waals surface area contributed by atoms with E-state index in [9.17, 15) is 0 Å². The molecule has 2 aromatic carbocycles. The SMILES string of the molecule is Nc1nc[n+](Cc2cn([C@H](c3ccccc3)[C@H](c3ccccc3)N3CCNCC3)nn2)c2nc[nH]c12. The standard InChI is InChI=1S/C26H28N10/c27-25-22-26(30-17-29-22)35(18-31-25)15-21-16-36(33-32-21)24(20-9-5-2-6-10-20)23(19-7-3-1-4-8-19)34-13-11-28-12-14-34/h1-10,16-18,23-24,28H,11-15H2,(H2,27,29,30)/p+1/t23-,24+/m0/s1. The van der Waals surface area contributed by atoms with E-state index < -0.39 is 0 Å². The summed E-state index contributed by atoms with van der Waals surface area (Å²) in [6, 6.07) is 21.4. The number of piperazine rings is 1.